The number of nitro groups is 1. The van der Waals surface area contributed by atoms with Crippen LogP contribution in [0.3, 0.4) is 0 Å². The average molecular weight is 752 g/mol. The zero-order valence-electron chi connectivity index (χ0n) is 30.0. The number of ether oxygens (including phenoxy) is 2. The molecule has 0 saturated carbocycles. The summed E-state index contributed by atoms with van der Waals surface area (Å²) in [5.74, 6) is -1.95. The van der Waals surface area contributed by atoms with Crippen molar-refractivity contribution in [2.45, 2.75) is 70.6 Å². The van der Waals surface area contributed by atoms with Crippen molar-refractivity contribution < 1.29 is 48.0 Å². The highest BCUT2D eigenvalue weighted by atomic mass is 16.7. The van der Waals surface area contributed by atoms with Crippen molar-refractivity contribution in [3.05, 3.63) is 76.4 Å². The number of amides is 6. The molecule has 18 nitrogen and oxygen atoms in total. The molecule has 1 aliphatic rings. The summed E-state index contributed by atoms with van der Waals surface area (Å²) in [6, 6.07) is 9.86. The number of non-ortho nitro benzene ring substituents is 1. The highest BCUT2D eigenvalue weighted by Gasteiger charge is 2.35. The molecule has 0 aromatic heterocycles. The first-order valence-electron chi connectivity index (χ1n) is 17.3. The molecule has 2 aromatic rings. The molecule has 18 heteroatoms. The van der Waals surface area contributed by atoms with E-state index >= 15 is 0 Å². The van der Waals surface area contributed by atoms with Crippen LogP contribution in [-0.2, 0) is 35.3 Å². The number of hydrogen-bond acceptors (Lipinski definition) is 12. The predicted octanol–water partition coefficient (Wildman–Crippen LogP) is 2.85. The molecule has 1 heterocycles. The van der Waals surface area contributed by atoms with Gasteiger partial charge in [0.05, 0.1) is 4.92 Å². The predicted molar refractivity (Wildman–Crippen MR) is 194 cm³/mol. The van der Waals surface area contributed by atoms with E-state index in [4.69, 9.17) is 15.2 Å². The van der Waals surface area contributed by atoms with E-state index in [9.17, 15) is 43.7 Å². The Kier molecular flexibility index (Phi) is 16.1. The molecule has 0 aliphatic carbocycles. The van der Waals surface area contributed by atoms with E-state index < -0.39 is 34.6 Å². The molecule has 2 aromatic carbocycles. The smallest absolute Gasteiger partial charge is 0.429 e. The third kappa shape index (κ3) is 13.7. The second-order valence-corrected chi connectivity index (χ2v) is 12.9. The van der Waals surface area contributed by atoms with Gasteiger partial charge < -0.3 is 41.3 Å². The number of rotatable bonds is 22. The molecule has 290 valence electrons. The van der Waals surface area contributed by atoms with Crippen LogP contribution in [0.25, 0.3) is 0 Å². The van der Waals surface area contributed by atoms with Crippen LogP contribution in [0, 0.1) is 16.0 Å². The maximum Gasteiger partial charge on any atom is 0.514 e. The Hall–Kier alpha value is -6.33. The average Bonchev–Trinajstić information content (AvgIpc) is 3.46. The molecule has 1 aliphatic heterocycles. The zero-order chi connectivity index (χ0) is 39.7. The highest BCUT2D eigenvalue weighted by Crippen LogP contribution is 2.19. The van der Waals surface area contributed by atoms with Crippen LogP contribution in [0.1, 0.15) is 57.9 Å². The van der Waals surface area contributed by atoms with Crippen molar-refractivity contribution in [1.29, 1.82) is 0 Å². The fraction of sp³-hybridized carbons (Fsp3) is 0.417. The van der Waals surface area contributed by atoms with E-state index in [1.165, 1.54) is 36.4 Å². The topological polar surface area (TPSA) is 258 Å². The molecule has 0 bridgehead atoms. The fourth-order valence-electron chi connectivity index (χ4n) is 5.31. The van der Waals surface area contributed by atoms with E-state index in [2.05, 4.69) is 21.3 Å². The maximum atomic E-state index is 13.6. The molecule has 0 fully saturated rings. The summed E-state index contributed by atoms with van der Waals surface area (Å²) in [6.07, 6.45) is 4.08. The summed E-state index contributed by atoms with van der Waals surface area (Å²) in [4.78, 5) is 97.1. The minimum absolute atomic E-state index is 0.0630. The second-order valence-electron chi connectivity index (χ2n) is 12.9. The molecule has 0 radical (unpaired) electrons. The third-order valence-electron chi connectivity index (χ3n) is 8.32. The molecular formula is C36H45N7O11. The molecule has 6 N–H and O–H groups in total. The van der Waals surface area contributed by atoms with Crippen LogP contribution in [-0.4, -0.2) is 83.1 Å². The van der Waals surface area contributed by atoms with Crippen LogP contribution in [0.5, 0.6) is 5.75 Å². The van der Waals surface area contributed by atoms with Gasteiger partial charge in [0, 0.05) is 56.0 Å². The quantitative estimate of drug-likeness (QED) is 0.0221. The van der Waals surface area contributed by atoms with Gasteiger partial charge >= 0.3 is 12.2 Å². The number of urea groups is 1. The Morgan fingerprint density at radius 2 is 1.63 bits per heavy atom. The number of nitrogens with zero attached hydrogens (tertiary/aromatic N) is 2. The van der Waals surface area contributed by atoms with E-state index in [0.29, 0.717) is 36.8 Å². The number of anilines is 1. The summed E-state index contributed by atoms with van der Waals surface area (Å²) in [7, 11) is 0. The van der Waals surface area contributed by atoms with Gasteiger partial charge in [-0.3, -0.25) is 34.2 Å². The number of carbonyl (C=O) groups excluding carboxylic acids is 7. The largest absolute Gasteiger partial charge is 0.514 e. The van der Waals surface area contributed by atoms with Gasteiger partial charge in [0.15, 0.2) is 0 Å². The van der Waals surface area contributed by atoms with Gasteiger partial charge in [0.1, 0.15) is 30.2 Å². The zero-order valence-corrected chi connectivity index (χ0v) is 30.0. The van der Waals surface area contributed by atoms with Crippen molar-refractivity contribution >= 4 is 53.5 Å². The summed E-state index contributed by atoms with van der Waals surface area (Å²) in [5, 5.41) is 21.9. The normalized spacial score (nSPS) is 13.8. The Morgan fingerprint density at radius 1 is 0.963 bits per heavy atom. The van der Waals surface area contributed by atoms with Crippen molar-refractivity contribution in [3.63, 3.8) is 0 Å². The summed E-state index contributed by atoms with van der Waals surface area (Å²) in [5.41, 5.74) is 4.71. The second kappa shape index (κ2) is 20.6. The monoisotopic (exact) mass is 751 g/mol. The van der Waals surface area contributed by atoms with Crippen LogP contribution in [0.4, 0.5) is 21.0 Å². The van der Waals surface area contributed by atoms with Crippen molar-refractivity contribution in [2.75, 3.05) is 25.0 Å². The Balaban J connectivity index is 1.56. The number of aldehydes is 1. The number of hydrogen-bond donors (Lipinski definition) is 5. The lowest BCUT2D eigenvalue weighted by atomic mass is 9.92. The van der Waals surface area contributed by atoms with Gasteiger partial charge in [-0.15, -0.1) is 0 Å². The van der Waals surface area contributed by atoms with Crippen molar-refractivity contribution in [1.82, 2.24) is 20.9 Å². The molecule has 3 rings (SSSR count). The third-order valence-corrected chi connectivity index (χ3v) is 8.32. The van der Waals surface area contributed by atoms with Crippen LogP contribution < -0.4 is 31.7 Å². The first-order chi connectivity index (χ1) is 25.7. The van der Waals surface area contributed by atoms with E-state index in [1.54, 1.807) is 38.1 Å². The van der Waals surface area contributed by atoms with Gasteiger partial charge in [-0.2, -0.15) is 0 Å². The number of unbranched alkanes of at least 4 members (excludes halogenated alkanes) is 2. The number of carbonyl (C=O) groups is 7. The van der Waals surface area contributed by atoms with E-state index in [1.807, 2.05) is 0 Å². The number of imide groups is 1. The standard InChI is InChI=1S/C36H45N7O11/c1-24(2)32(40-29(45)7-4-3-5-20-42-30(46)16-17-31(42)47)33(48)41-36(23-44,18-6-19-38-34(37)49)22-39-26-10-8-25(9-11-26)21-53-35(50)54-28-14-12-27(13-15-28)43(51)52/h8-17,23-24,32,39H,3-7,18-22H2,1-2H3,(H,40,45)(H,41,48)(H3,37,38,49)/t32-,36+/m0/s1. The highest BCUT2D eigenvalue weighted by molar-refractivity contribution is 6.12. The first-order valence-corrected chi connectivity index (χ1v) is 17.3. The number of nitrogens with one attached hydrogen (secondary N) is 4. The minimum atomic E-state index is -1.46. The van der Waals surface area contributed by atoms with Crippen LogP contribution in [0.2, 0.25) is 0 Å². The van der Waals surface area contributed by atoms with Gasteiger partial charge in [-0.1, -0.05) is 32.4 Å². The van der Waals surface area contributed by atoms with E-state index in [-0.39, 0.29) is 80.6 Å². The lowest BCUT2D eigenvalue weighted by Gasteiger charge is -2.33. The summed E-state index contributed by atoms with van der Waals surface area (Å²) in [6.45, 7) is 3.69. The molecule has 0 spiro atoms. The summed E-state index contributed by atoms with van der Waals surface area (Å²) < 4.78 is 10.1. The van der Waals surface area contributed by atoms with Crippen LogP contribution >= 0.6 is 0 Å². The Labute approximate surface area is 311 Å². The Morgan fingerprint density at radius 3 is 2.22 bits per heavy atom. The van der Waals surface area contributed by atoms with Crippen molar-refractivity contribution in [3.8, 4) is 5.75 Å². The number of primary amides is 1. The van der Waals surface area contributed by atoms with Gasteiger partial charge in [-0.25, -0.2) is 9.59 Å². The lowest BCUT2D eigenvalue weighted by Crippen LogP contribution is -2.60. The number of benzene rings is 2. The molecular weight excluding hydrogens is 706 g/mol. The molecule has 2 atom stereocenters. The molecule has 54 heavy (non-hydrogen) atoms. The lowest BCUT2D eigenvalue weighted by molar-refractivity contribution is -0.384. The maximum absolute atomic E-state index is 13.6. The number of nitrogens with two attached hydrogens (primary N) is 1. The first kappa shape index (κ1) is 42.1. The minimum Gasteiger partial charge on any atom is -0.429 e. The molecule has 0 unspecified atom stereocenters. The summed E-state index contributed by atoms with van der Waals surface area (Å²) >= 11 is 0. The Bertz CT molecular complexity index is 1680. The molecule has 6 amide bonds. The fourth-order valence-corrected chi connectivity index (χ4v) is 5.31. The van der Waals surface area contributed by atoms with Crippen LogP contribution in [0.15, 0.2) is 60.7 Å². The van der Waals surface area contributed by atoms with Gasteiger partial charge in [0.2, 0.25) is 11.8 Å². The van der Waals surface area contributed by atoms with E-state index in [0.717, 1.165) is 4.90 Å². The van der Waals surface area contributed by atoms with Gasteiger partial charge in [0.25, 0.3) is 17.5 Å². The van der Waals surface area contributed by atoms with Crippen molar-refractivity contribution in [2.24, 2.45) is 11.7 Å². The SMILES string of the molecule is CC(C)[C@H](NC(=O)CCCCCN1C(=O)C=CC1=O)C(=O)N[C@](C=O)(CCCNC(N)=O)CNc1ccc(COC(=O)Oc2ccc([N+](=O)[O-])cc2)cc1. The molecule has 0 saturated heterocycles. The number of nitro benzene ring substituents is 1. The van der Waals surface area contributed by atoms with Gasteiger partial charge in [-0.05, 0) is 61.4 Å².